The molecule has 2 saturated heterocycles. The van der Waals surface area contributed by atoms with E-state index in [9.17, 15) is 5.11 Å². The van der Waals surface area contributed by atoms with Gasteiger partial charge in [0.25, 0.3) is 0 Å². The summed E-state index contributed by atoms with van der Waals surface area (Å²) in [4.78, 5) is 16.1. The van der Waals surface area contributed by atoms with Crippen LogP contribution in [0.15, 0.2) is 42.6 Å². The number of pyridine rings is 1. The molecule has 3 atom stereocenters. The molecule has 39 heavy (non-hydrogen) atoms. The fourth-order valence-corrected chi connectivity index (χ4v) is 5.91. The van der Waals surface area contributed by atoms with Crippen molar-refractivity contribution in [3.63, 3.8) is 0 Å². The van der Waals surface area contributed by atoms with E-state index in [1.165, 1.54) is 0 Å². The molecular formula is C30H35FN6O2. The van der Waals surface area contributed by atoms with Gasteiger partial charge in [-0.2, -0.15) is 9.97 Å². The molecule has 204 valence electrons. The van der Waals surface area contributed by atoms with Crippen LogP contribution in [0.3, 0.4) is 0 Å². The van der Waals surface area contributed by atoms with Crippen LogP contribution in [0.5, 0.6) is 11.8 Å². The zero-order valence-electron chi connectivity index (χ0n) is 22.2. The smallest absolute Gasteiger partial charge is 0.319 e. The summed E-state index contributed by atoms with van der Waals surface area (Å²) in [6.45, 7) is 4.83. The Morgan fingerprint density at radius 3 is 2.72 bits per heavy atom. The van der Waals surface area contributed by atoms with E-state index in [-0.39, 0.29) is 23.0 Å². The first-order valence-electron chi connectivity index (χ1n) is 13.9. The van der Waals surface area contributed by atoms with Crippen molar-refractivity contribution in [2.24, 2.45) is 11.7 Å². The van der Waals surface area contributed by atoms with Crippen molar-refractivity contribution in [3.8, 4) is 23.0 Å². The van der Waals surface area contributed by atoms with Crippen molar-refractivity contribution in [3.05, 3.63) is 48.4 Å². The van der Waals surface area contributed by atoms with Crippen LogP contribution in [0.2, 0.25) is 0 Å². The molecule has 2 bridgehead atoms. The van der Waals surface area contributed by atoms with Gasteiger partial charge < -0.3 is 25.8 Å². The first-order chi connectivity index (χ1) is 19.0. The van der Waals surface area contributed by atoms with Gasteiger partial charge in [0.15, 0.2) is 5.82 Å². The number of ether oxygens (including phenoxy) is 1. The Bertz CT molecular complexity index is 1490. The normalized spacial score (nSPS) is 19.6. The van der Waals surface area contributed by atoms with Gasteiger partial charge in [0.1, 0.15) is 22.8 Å². The van der Waals surface area contributed by atoms with Crippen LogP contribution >= 0.6 is 0 Å². The maximum absolute atomic E-state index is 16.4. The number of unbranched alkanes of at least 4 members (excludes halogenated alkanes) is 1. The van der Waals surface area contributed by atoms with E-state index in [4.69, 9.17) is 15.5 Å². The van der Waals surface area contributed by atoms with Gasteiger partial charge in [-0.25, -0.2) is 4.39 Å². The Morgan fingerprint density at radius 2 is 1.92 bits per heavy atom. The number of hydrogen-bond acceptors (Lipinski definition) is 8. The SMILES string of the molecule is C[C@H](CCCCN)COc1nc(N2CC3CCC(C2)N3)c2cnc(-c3cc(O)cc4ccccc34)c(F)c2n1. The fourth-order valence-electron chi connectivity index (χ4n) is 5.91. The monoisotopic (exact) mass is 530 g/mol. The highest BCUT2D eigenvalue weighted by atomic mass is 19.1. The molecule has 0 saturated carbocycles. The number of phenolic OH excluding ortho intramolecular Hbond substituents is 1. The van der Waals surface area contributed by atoms with Gasteiger partial charge >= 0.3 is 6.01 Å². The van der Waals surface area contributed by atoms with E-state index in [1.807, 2.05) is 24.3 Å². The highest BCUT2D eigenvalue weighted by molar-refractivity contribution is 5.99. The molecule has 0 radical (unpaired) electrons. The van der Waals surface area contributed by atoms with Crippen LogP contribution in [0.4, 0.5) is 10.2 Å². The lowest BCUT2D eigenvalue weighted by molar-refractivity contribution is 0.233. The summed E-state index contributed by atoms with van der Waals surface area (Å²) in [5.74, 6) is 0.455. The van der Waals surface area contributed by atoms with Crippen LogP contribution in [0, 0.1) is 11.7 Å². The Balaban J connectivity index is 1.43. The van der Waals surface area contributed by atoms with Gasteiger partial charge in [-0.3, -0.25) is 4.98 Å². The molecule has 2 aliphatic rings. The third-order valence-corrected chi connectivity index (χ3v) is 7.91. The second-order valence-electron chi connectivity index (χ2n) is 11.0. The first-order valence-corrected chi connectivity index (χ1v) is 13.9. The van der Waals surface area contributed by atoms with Crippen molar-refractivity contribution in [2.75, 3.05) is 31.1 Å². The third-order valence-electron chi connectivity index (χ3n) is 7.91. The summed E-state index contributed by atoms with van der Waals surface area (Å²) in [5.41, 5.74) is 6.47. The van der Waals surface area contributed by atoms with Crippen molar-refractivity contribution in [2.45, 2.75) is 51.1 Å². The average Bonchev–Trinajstić information content (AvgIpc) is 3.28. The Labute approximate surface area is 227 Å². The van der Waals surface area contributed by atoms with Gasteiger partial charge in [-0.05, 0) is 61.1 Å². The molecule has 0 aliphatic carbocycles. The quantitative estimate of drug-likeness (QED) is 0.266. The molecule has 4 aromatic rings. The summed E-state index contributed by atoms with van der Waals surface area (Å²) in [6.07, 6.45) is 6.91. The lowest BCUT2D eigenvalue weighted by Crippen LogP contribution is -2.51. The van der Waals surface area contributed by atoms with E-state index in [1.54, 1.807) is 18.3 Å². The molecule has 8 nitrogen and oxygen atoms in total. The summed E-state index contributed by atoms with van der Waals surface area (Å²) in [6, 6.07) is 11.7. The Hall–Kier alpha value is -3.56. The average molecular weight is 531 g/mol. The van der Waals surface area contributed by atoms with Gasteiger partial charge in [-0.1, -0.05) is 37.6 Å². The van der Waals surface area contributed by atoms with Crippen molar-refractivity contribution < 1.29 is 14.2 Å². The number of hydrogen-bond donors (Lipinski definition) is 3. The number of benzene rings is 2. The number of fused-ring (bicyclic) bond motifs is 4. The third kappa shape index (κ3) is 5.21. The van der Waals surface area contributed by atoms with Gasteiger partial charge in [0.2, 0.25) is 0 Å². The molecule has 2 aromatic heterocycles. The summed E-state index contributed by atoms with van der Waals surface area (Å²) in [7, 11) is 0. The minimum Gasteiger partial charge on any atom is -0.508 e. The molecule has 4 heterocycles. The highest BCUT2D eigenvalue weighted by Crippen LogP contribution is 2.37. The Morgan fingerprint density at radius 1 is 1.13 bits per heavy atom. The summed E-state index contributed by atoms with van der Waals surface area (Å²) in [5, 5.41) is 16.2. The van der Waals surface area contributed by atoms with Crippen molar-refractivity contribution in [1.29, 1.82) is 0 Å². The molecule has 6 rings (SSSR count). The maximum atomic E-state index is 16.4. The van der Waals surface area contributed by atoms with Crippen LogP contribution in [-0.2, 0) is 0 Å². The molecule has 2 aromatic carbocycles. The first kappa shape index (κ1) is 25.7. The van der Waals surface area contributed by atoms with Crippen molar-refractivity contribution in [1.82, 2.24) is 20.3 Å². The minimum absolute atomic E-state index is 0.0531. The van der Waals surface area contributed by atoms with Gasteiger partial charge in [0.05, 0.1) is 12.0 Å². The zero-order valence-corrected chi connectivity index (χ0v) is 22.2. The number of nitrogens with two attached hydrogens (primary N) is 1. The van der Waals surface area contributed by atoms with Crippen molar-refractivity contribution >= 4 is 27.5 Å². The standard InChI is InChI=1S/C30H35FN6O2/c1-18(6-4-5-11-32)17-39-30-35-28-25(29(36-30)37-15-20-9-10-21(16-37)34-20)14-33-27(26(28)31)24-13-22(38)12-19-7-2-3-8-23(19)24/h2-3,7-8,12-14,18,20-21,34,38H,4-6,9-11,15-17,32H2,1H3/t18-,20?,21?/m1/s1. The molecule has 0 spiro atoms. The minimum atomic E-state index is -0.550. The molecule has 2 fully saturated rings. The highest BCUT2D eigenvalue weighted by Gasteiger charge is 2.34. The van der Waals surface area contributed by atoms with E-state index < -0.39 is 5.82 Å². The lowest BCUT2D eigenvalue weighted by Gasteiger charge is -2.34. The fraction of sp³-hybridized carbons (Fsp3) is 0.433. The number of anilines is 1. The second kappa shape index (κ2) is 10.9. The van der Waals surface area contributed by atoms with E-state index in [2.05, 4.69) is 27.1 Å². The predicted octanol–water partition coefficient (Wildman–Crippen LogP) is 4.77. The topological polar surface area (TPSA) is 109 Å². The molecule has 9 heteroatoms. The van der Waals surface area contributed by atoms with E-state index in [0.29, 0.717) is 47.9 Å². The number of piperazine rings is 1. The number of phenols is 1. The predicted molar refractivity (Wildman–Crippen MR) is 152 cm³/mol. The molecule has 4 N–H and O–H groups in total. The molecular weight excluding hydrogens is 495 g/mol. The molecule has 2 aliphatic heterocycles. The number of aromatic hydroxyl groups is 1. The number of nitrogens with zero attached hydrogens (tertiary/aromatic N) is 4. The van der Waals surface area contributed by atoms with Crippen LogP contribution < -0.4 is 20.7 Å². The number of nitrogens with one attached hydrogen (secondary N) is 1. The van der Waals surface area contributed by atoms with Crippen LogP contribution in [0.25, 0.3) is 32.9 Å². The van der Waals surface area contributed by atoms with Crippen LogP contribution in [0.1, 0.15) is 39.0 Å². The summed E-state index contributed by atoms with van der Waals surface area (Å²) >= 11 is 0. The number of aromatic nitrogens is 3. The van der Waals surface area contributed by atoms with E-state index in [0.717, 1.165) is 56.0 Å². The summed E-state index contributed by atoms with van der Waals surface area (Å²) < 4.78 is 22.5. The number of rotatable bonds is 9. The molecule has 2 unspecified atom stereocenters. The van der Waals surface area contributed by atoms with Gasteiger partial charge in [0, 0.05) is 36.9 Å². The Kier molecular flexibility index (Phi) is 7.18. The number of halogens is 1. The lowest BCUT2D eigenvalue weighted by atomic mass is 10.00. The maximum Gasteiger partial charge on any atom is 0.319 e. The largest absolute Gasteiger partial charge is 0.508 e. The van der Waals surface area contributed by atoms with E-state index >= 15 is 4.39 Å². The zero-order chi connectivity index (χ0) is 26.9. The van der Waals surface area contributed by atoms with Gasteiger partial charge in [-0.15, -0.1) is 0 Å². The van der Waals surface area contributed by atoms with Crippen LogP contribution in [-0.4, -0.2) is 58.4 Å². The second-order valence-corrected chi connectivity index (χ2v) is 11.0. The molecule has 0 amide bonds.